The van der Waals surface area contributed by atoms with Crippen molar-refractivity contribution in [2.75, 3.05) is 27.3 Å². The predicted molar refractivity (Wildman–Crippen MR) is 129 cm³/mol. The molecule has 4 rings (SSSR count). The summed E-state index contributed by atoms with van der Waals surface area (Å²) < 4.78 is 37.8. The Bertz CT molecular complexity index is 1160. The fourth-order valence-electron chi connectivity index (χ4n) is 5.04. The number of ether oxygens (including phenoxy) is 2. The molecule has 1 aliphatic carbocycles. The molecular weight excluding hydrogens is 472 g/mol. The van der Waals surface area contributed by atoms with Gasteiger partial charge in [0.15, 0.2) is 0 Å². The Morgan fingerprint density at radius 2 is 1.63 bits per heavy atom. The lowest BCUT2D eigenvalue weighted by Crippen LogP contribution is -2.49. The number of aliphatic carboxylic acids is 1. The molecule has 9 nitrogen and oxygen atoms in total. The van der Waals surface area contributed by atoms with Gasteiger partial charge in [0.25, 0.3) is 0 Å². The van der Waals surface area contributed by atoms with Crippen LogP contribution in [-0.4, -0.2) is 74.2 Å². The molecule has 35 heavy (non-hydrogen) atoms. The Morgan fingerprint density at radius 1 is 1.06 bits per heavy atom. The summed E-state index contributed by atoms with van der Waals surface area (Å²) in [6.07, 6.45) is 1.94. The maximum absolute atomic E-state index is 13.3. The minimum Gasteiger partial charge on any atom is -0.497 e. The standard InChI is InChI=1S/C25H30N2O7S/c1-26(23(24(28)29)19-3-9-20(10-4-19)27-15-16-34-25(27)30)35(31,32)22-13-7-18(8-14-22)17-5-11-21(33-2)12-6-17/h5-8,11-14,19-20,23H,3-4,9-10,15-16H2,1-2H3,(H,28,29). The average molecular weight is 503 g/mol. The molecule has 1 atom stereocenters. The minimum atomic E-state index is -4.03. The van der Waals surface area contributed by atoms with Gasteiger partial charge in [-0.15, -0.1) is 0 Å². The Hall–Kier alpha value is -3.11. The fraction of sp³-hybridized carbons (Fsp3) is 0.440. The van der Waals surface area contributed by atoms with E-state index in [1.165, 1.54) is 19.2 Å². The van der Waals surface area contributed by atoms with Gasteiger partial charge in [-0.2, -0.15) is 4.31 Å². The van der Waals surface area contributed by atoms with Crippen molar-refractivity contribution in [1.82, 2.24) is 9.21 Å². The smallest absolute Gasteiger partial charge is 0.410 e. The number of amides is 1. The van der Waals surface area contributed by atoms with Crippen LogP contribution in [0, 0.1) is 5.92 Å². The summed E-state index contributed by atoms with van der Waals surface area (Å²) in [5, 5.41) is 9.96. The molecule has 1 unspecified atom stereocenters. The first-order chi connectivity index (χ1) is 16.7. The number of carbonyl (C=O) groups is 2. The van der Waals surface area contributed by atoms with Gasteiger partial charge in [-0.05, 0) is 67.0 Å². The summed E-state index contributed by atoms with van der Waals surface area (Å²) >= 11 is 0. The molecule has 1 N–H and O–H groups in total. The molecular formula is C25H30N2O7S. The second-order valence-electron chi connectivity index (χ2n) is 8.93. The molecule has 1 heterocycles. The van der Waals surface area contributed by atoms with E-state index in [1.807, 2.05) is 24.3 Å². The number of likely N-dealkylation sites (N-methyl/N-ethyl adjacent to an activating group) is 1. The highest BCUT2D eigenvalue weighted by molar-refractivity contribution is 7.89. The number of hydrogen-bond donors (Lipinski definition) is 1. The van der Waals surface area contributed by atoms with Gasteiger partial charge in [-0.1, -0.05) is 24.3 Å². The van der Waals surface area contributed by atoms with Crippen molar-refractivity contribution in [1.29, 1.82) is 0 Å². The number of benzene rings is 2. The van der Waals surface area contributed by atoms with Crippen molar-refractivity contribution in [2.45, 2.75) is 42.7 Å². The van der Waals surface area contributed by atoms with Gasteiger partial charge < -0.3 is 19.5 Å². The zero-order valence-electron chi connectivity index (χ0n) is 19.8. The van der Waals surface area contributed by atoms with Crippen molar-refractivity contribution in [3.05, 3.63) is 48.5 Å². The third kappa shape index (κ3) is 5.13. The van der Waals surface area contributed by atoms with Crippen LogP contribution in [0.2, 0.25) is 0 Å². The maximum Gasteiger partial charge on any atom is 0.410 e. The molecule has 2 aromatic rings. The maximum atomic E-state index is 13.3. The van der Waals surface area contributed by atoms with Gasteiger partial charge in [0, 0.05) is 13.1 Å². The number of carboxylic acid groups (broad SMARTS) is 1. The average Bonchev–Trinajstić information content (AvgIpc) is 3.30. The molecule has 1 saturated heterocycles. The van der Waals surface area contributed by atoms with Crippen LogP contribution < -0.4 is 4.74 Å². The molecule has 10 heteroatoms. The molecule has 188 valence electrons. The second kappa shape index (κ2) is 10.2. The molecule has 2 fully saturated rings. The van der Waals surface area contributed by atoms with Crippen LogP contribution in [0.25, 0.3) is 11.1 Å². The number of sulfonamides is 1. The minimum absolute atomic E-state index is 0.00288. The van der Waals surface area contributed by atoms with Gasteiger partial charge in [-0.25, -0.2) is 13.2 Å². The van der Waals surface area contributed by atoms with E-state index in [9.17, 15) is 23.1 Å². The zero-order valence-corrected chi connectivity index (χ0v) is 20.6. The lowest BCUT2D eigenvalue weighted by atomic mass is 9.81. The highest BCUT2D eigenvalue weighted by atomic mass is 32.2. The summed E-state index contributed by atoms with van der Waals surface area (Å²) in [4.78, 5) is 25.8. The van der Waals surface area contributed by atoms with Crippen molar-refractivity contribution in [3.63, 3.8) is 0 Å². The molecule has 0 bridgehead atoms. The van der Waals surface area contributed by atoms with Gasteiger partial charge in [0.1, 0.15) is 18.4 Å². The fourth-order valence-corrected chi connectivity index (χ4v) is 6.41. The highest BCUT2D eigenvalue weighted by Crippen LogP contribution is 2.34. The van der Waals surface area contributed by atoms with Crippen molar-refractivity contribution in [2.24, 2.45) is 5.92 Å². The van der Waals surface area contributed by atoms with E-state index in [0.29, 0.717) is 38.8 Å². The summed E-state index contributed by atoms with van der Waals surface area (Å²) in [5.74, 6) is -0.792. The van der Waals surface area contributed by atoms with Crippen LogP contribution in [0.1, 0.15) is 25.7 Å². The summed E-state index contributed by atoms with van der Waals surface area (Å²) in [6.45, 7) is 0.909. The van der Waals surface area contributed by atoms with E-state index in [4.69, 9.17) is 9.47 Å². The normalized spacial score (nSPS) is 21.6. The summed E-state index contributed by atoms with van der Waals surface area (Å²) in [7, 11) is -1.12. The Kier molecular flexibility index (Phi) is 7.32. The summed E-state index contributed by atoms with van der Waals surface area (Å²) in [5.41, 5.74) is 1.74. The van der Waals surface area contributed by atoms with E-state index < -0.39 is 22.0 Å². The Balaban J connectivity index is 1.48. The van der Waals surface area contributed by atoms with Crippen molar-refractivity contribution >= 4 is 22.1 Å². The lowest BCUT2D eigenvalue weighted by Gasteiger charge is -2.37. The van der Waals surface area contributed by atoms with Crippen LogP contribution in [0.4, 0.5) is 4.79 Å². The molecule has 2 aromatic carbocycles. The van der Waals surface area contributed by atoms with E-state index in [0.717, 1.165) is 21.2 Å². The number of carboxylic acids is 1. The van der Waals surface area contributed by atoms with Gasteiger partial charge >= 0.3 is 12.1 Å². The molecule has 1 saturated carbocycles. The predicted octanol–water partition coefficient (Wildman–Crippen LogP) is 3.45. The van der Waals surface area contributed by atoms with Crippen LogP contribution in [0.15, 0.2) is 53.4 Å². The Morgan fingerprint density at radius 3 is 2.11 bits per heavy atom. The van der Waals surface area contributed by atoms with Crippen molar-refractivity contribution < 1.29 is 32.6 Å². The first-order valence-corrected chi connectivity index (χ1v) is 13.0. The molecule has 0 aromatic heterocycles. The third-order valence-electron chi connectivity index (χ3n) is 7.02. The van der Waals surface area contributed by atoms with Gasteiger partial charge in [0.05, 0.1) is 18.6 Å². The number of carbonyl (C=O) groups excluding carboxylic acids is 1. The zero-order chi connectivity index (χ0) is 25.2. The first kappa shape index (κ1) is 25.0. The van der Waals surface area contributed by atoms with Gasteiger partial charge in [0.2, 0.25) is 10.0 Å². The van der Waals surface area contributed by atoms with E-state index >= 15 is 0 Å². The summed E-state index contributed by atoms with van der Waals surface area (Å²) in [6, 6.07) is 12.6. The third-order valence-corrected chi connectivity index (χ3v) is 8.87. The van der Waals surface area contributed by atoms with E-state index in [2.05, 4.69) is 0 Å². The Labute approximate surface area is 205 Å². The second-order valence-corrected chi connectivity index (χ2v) is 10.9. The SMILES string of the molecule is COc1ccc(-c2ccc(S(=O)(=O)N(C)C(C(=O)O)C3CCC(N4CCOC4=O)CC3)cc2)cc1. The highest BCUT2D eigenvalue weighted by Gasteiger charge is 2.42. The monoisotopic (exact) mass is 502 g/mol. The van der Waals surface area contributed by atoms with Crippen LogP contribution >= 0.6 is 0 Å². The molecule has 2 aliphatic rings. The number of rotatable bonds is 8. The molecule has 1 aliphatic heterocycles. The van der Waals surface area contributed by atoms with Crippen LogP contribution in [-0.2, 0) is 19.6 Å². The van der Waals surface area contributed by atoms with Gasteiger partial charge in [-0.3, -0.25) is 4.79 Å². The number of methoxy groups -OCH3 is 1. The van der Waals surface area contributed by atoms with E-state index in [1.54, 1.807) is 24.1 Å². The molecule has 1 amide bonds. The first-order valence-electron chi connectivity index (χ1n) is 11.6. The van der Waals surface area contributed by atoms with E-state index in [-0.39, 0.29) is 22.9 Å². The van der Waals surface area contributed by atoms with Crippen LogP contribution in [0.3, 0.4) is 0 Å². The largest absolute Gasteiger partial charge is 0.497 e. The number of cyclic esters (lactones) is 1. The number of hydrogen-bond acceptors (Lipinski definition) is 6. The topological polar surface area (TPSA) is 113 Å². The van der Waals surface area contributed by atoms with Crippen molar-refractivity contribution in [3.8, 4) is 16.9 Å². The lowest BCUT2D eigenvalue weighted by molar-refractivity contribution is -0.143. The number of nitrogens with zero attached hydrogens (tertiary/aromatic N) is 2. The van der Waals surface area contributed by atoms with Crippen LogP contribution in [0.5, 0.6) is 5.75 Å². The molecule has 0 spiro atoms. The molecule has 0 radical (unpaired) electrons. The quantitative estimate of drug-likeness (QED) is 0.588.